The van der Waals surface area contributed by atoms with Gasteiger partial charge in [0.1, 0.15) is 17.7 Å². The Labute approximate surface area is 161 Å². The first-order chi connectivity index (χ1) is 13.0. The topological polar surface area (TPSA) is 92.5 Å². The first kappa shape index (κ1) is 20.3. The molecule has 8 heteroatoms. The summed E-state index contributed by atoms with van der Waals surface area (Å²) in [4.78, 5) is 30.0. The van der Waals surface area contributed by atoms with Crippen LogP contribution < -0.4 is 4.90 Å². The summed E-state index contributed by atoms with van der Waals surface area (Å²) >= 11 is 1.23. The number of hydrogen-bond donors (Lipinski definition) is 0. The number of carbonyl (C=O) groups is 2. The molecule has 1 aromatic carbocycles. The summed E-state index contributed by atoms with van der Waals surface area (Å²) in [6.45, 7) is 3.34. The third kappa shape index (κ3) is 5.48. The Bertz CT molecular complexity index is 871. The number of nitrogens with zero attached hydrogens (tertiary/aromatic N) is 3. The molecule has 0 N–H and O–H groups in total. The highest BCUT2D eigenvalue weighted by Crippen LogP contribution is 2.29. The molecule has 1 aromatic heterocycles. The lowest BCUT2D eigenvalue weighted by molar-refractivity contribution is -0.145. The molecule has 0 saturated heterocycles. The number of hydrogen-bond acceptors (Lipinski definition) is 7. The van der Waals surface area contributed by atoms with Crippen LogP contribution in [-0.2, 0) is 19.1 Å². The molecule has 1 heterocycles. The standard InChI is InChI=1S/C19H19N3O4S/c1-13(11-25-3)26-18(24)15(10-20)9-16-12-27-19(21-16)22(14(2)23)17-7-5-4-6-8-17/h4-9,12-13H,11H2,1-3H3/b15-9+/t13-/m0/s1. The number of ether oxygens (including phenoxy) is 2. The van der Waals surface area contributed by atoms with Crippen molar-refractivity contribution in [3.8, 4) is 6.07 Å². The van der Waals surface area contributed by atoms with E-state index in [9.17, 15) is 14.9 Å². The van der Waals surface area contributed by atoms with Crippen LogP contribution in [0.25, 0.3) is 6.08 Å². The van der Waals surface area contributed by atoms with E-state index in [-0.39, 0.29) is 18.1 Å². The summed E-state index contributed by atoms with van der Waals surface area (Å²) in [6, 6.07) is 10.9. The Hall–Kier alpha value is -3.02. The maximum absolute atomic E-state index is 12.1. The number of aromatic nitrogens is 1. The van der Waals surface area contributed by atoms with E-state index in [0.717, 1.165) is 0 Å². The van der Waals surface area contributed by atoms with Crippen molar-refractivity contribution >= 4 is 40.1 Å². The molecular formula is C19H19N3O4S. The van der Waals surface area contributed by atoms with Crippen molar-refractivity contribution in [1.29, 1.82) is 5.26 Å². The van der Waals surface area contributed by atoms with Gasteiger partial charge in [-0.1, -0.05) is 18.2 Å². The Kier molecular flexibility index (Phi) is 7.23. The number of benzene rings is 1. The second kappa shape index (κ2) is 9.62. The minimum atomic E-state index is -0.747. The van der Waals surface area contributed by atoms with Crippen molar-refractivity contribution in [2.75, 3.05) is 18.6 Å². The van der Waals surface area contributed by atoms with Crippen LogP contribution in [0.4, 0.5) is 10.8 Å². The number of thiazole rings is 1. The molecule has 0 spiro atoms. The highest BCUT2D eigenvalue weighted by Gasteiger charge is 2.19. The van der Waals surface area contributed by atoms with E-state index in [1.54, 1.807) is 24.4 Å². The Morgan fingerprint density at radius 2 is 2.07 bits per heavy atom. The van der Waals surface area contributed by atoms with Crippen LogP contribution in [0.3, 0.4) is 0 Å². The molecule has 2 aromatic rings. The first-order valence-corrected chi connectivity index (χ1v) is 8.97. The van der Waals surface area contributed by atoms with Gasteiger partial charge in [0.15, 0.2) is 5.13 Å². The number of para-hydroxylation sites is 1. The van der Waals surface area contributed by atoms with Crippen LogP contribution in [0.1, 0.15) is 19.5 Å². The van der Waals surface area contributed by atoms with E-state index in [4.69, 9.17) is 9.47 Å². The lowest BCUT2D eigenvalue weighted by atomic mass is 10.2. The monoisotopic (exact) mass is 385 g/mol. The van der Waals surface area contributed by atoms with Crippen molar-refractivity contribution < 1.29 is 19.1 Å². The largest absolute Gasteiger partial charge is 0.456 e. The lowest BCUT2D eigenvalue weighted by Gasteiger charge is -2.17. The number of nitriles is 1. The molecule has 0 saturated carbocycles. The molecule has 0 aliphatic rings. The normalized spacial score (nSPS) is 12.1. The number of anilines is 2. The maximum atomic E-state index is 12.1. The minimum absolute atomic E-state index is 0.177. The van der Waals surface area contributed by atoms with Crippen LogP contribution in [0.15, 0.2) is 41.3 Å². The van der Waals surface area contributed by atoms with Crippen LogP contribution in [0, 0.1) is 11.3 Å². The molecule has 0 fully saturated rings. The van der Waals surface area contributed by atoms with E-state index in [1.807, 2.05) is 24.3 Å². The Morgan fingerprint density at radius 1 is 1.37 bits per heavy atom. The molecular weight excluding hydrogens is 366 g/mol. The molecule has 0 aliphatic carbocycles. The molecule has 27 heavy (non-hydrogen) atoms. The van der Waals surface area contributed by atoms with Gasteiger partial charge in [0.05, 0.1) is 18.0 Å². The van der Waals surface area contributed by atoms with Crippen molar-refractivity contribution in [2.45, 2.75) is 20.0 Å². The van der Waals surface area contributed by atoms with E-state index in [2.05, 4.69) is 4.98 Å². The SMILES string of the molecule is COC[C@H](C)OC(=O)/C(C#N)=C/c1csc(N(C(C)=O)c2ccccc2)n1. The fourth-order valence-corrected chi connectivity index (χ4v) is 3.09. The van der Waals surface area contributed by atoms with E-state index < -0.39 is 12.1 Å². The number of esters is 1. The predicted octanol–water partition coefficient (Wildman–Crippen LogP) is 3.31. The molecule has 0 radical (unpaired) electrons. The van der Waals surface area contributed by atoms with Crippen molar-refractivity contribution in [3.05, 3.63) is 47.0 Å². The Balaban J connectivity index is 2.24. The van der Waals surface area contributed by atoms with Crippen molar-refractivity contribution in [2.24, 2.45) is 0 Å². The Morgan fingerprint density at radius 3 is 2.67 bits per heavy atom. The van der Waals surface area contributed by atoms with Crippen LogP contribution in [0.5, 0.6) is 0 Å². The highest BCUT2D eigenvalue weighted by atomic mass is 32.1. The average Bonchev–Trinajstić information content (AvgIpc) is 3.08. The zero-order valence-corrected chi connectivity index (χ0v) is 16.0. The summed E-state index contributed by atoms with van der Waals surface area (Å²) in [5.41, 5.74) is 0.900. The van der Waals surface area contributed by atoms with Gasteiger partial charge in [-0.3, -0.25) is 9.69 Å². The van der Waals surface area contributed by atoms with Crippen LogP contribution in [0.2, 0.25) is 0 Å². The molecule has 0 unspecified atom stereocenters. The molecule has 1 atom stereocenters. The molecule has 0 bridgehead atoms. The summed E-state index contributed by atoms with van der Waals surface area (Å²) < 4.78 is 10.0. The van der Waals surface area contributed by atoms with Crippen molar-refractivity contribution in [3.63, 3.8) is 0 Å². The van der Waals surface area contributed by atoms with Gasteiger partial charge in [-0.25, -0.2) is 9.78 Å². The van der Waals surface area contributed by atoms with Gasteiger partial charge >= 0.3 is 5.97 Å². The van der Waals surface area contributed by atoms with E-state index in [0.29, 0.717) is 16.5 Å². The van der Waals surface area contributed by atoms with Crippen LogP contribution >= 0.6 is 11.3 Å². The van der Waals surface area contributed by atoms with Gasteiger partial charge in [-0.05, 0) is 25.1 Å². The molecule has 140 valence electrons. The number of rotatable bonds is 7. The lowest BCUT2D eigenvalue weighted by Crippen LogP contribution is -2.22. The summed E-state index contributed by atoms with van der Waals surface area (Å²) in [5.74, 6) is -0.942. The zero-order valence-electron chi connectivity index (χ0n) is 15.2. The quantitative estimate of drug-likeness (QED) is 0.412. The molecule has 1 amide bonds. The van der Waals surface area contributed by atoms with Gasteiger partial charge in [-0.2, -0.15) is 5.26 Å². The zero-order chi connectivity index (χ0) is 19.8. The van der Waals surface area contributed by atoms with E-state index >= 15 is 0 Å². The van der Waals surface area contributed by atoms with Crippen LogP contribution in [-0.4, -0.2) is 36.7 Å². The predicted molar refractivity (Wildman–Crippen MR) is 102 cm³/mol. The smallest absolute Gasteiger partial charge is 0.349 e. The van der Waals surface area contributed by atoms with Crippen molar-refractivity contribution in [1.82, 2.24) is 4.98 Å². The van der Waals surface area contributed by atoms with Gasteiger partial charge in [0, 0.05) is 19.4 Å². The molecule has 0 aliphatic heterocycles. The second-order valence-electron chi connectivity index (χ2n) is 5.59. The van der Waals surface area contributed by atoms with Gasteiger partial charge in [0.2, 0.25) is 5.91 Å². The third-order valence-corrected chi connectivity index (χ3v) is 4.22. The molecule has 7 nitrogen and oxygen atoms in total. The molecule has 2 rings (SSSR count). The maximum Gasteiger partial charge on any atom is 0.349 e. The minimum Gasteiger partial charge on any atom is -0.456 e. The van der Waals surface area contributed by atoms with Gasteiger partial charge in [-0.15, -0.1) is 11.3 Å². The number of methoxy groups -OCH3 is 1. The fraction of sp³-hybridized carbons (Fsp3) is 0.263. The fourth-order valence-electron chi connectivity index (χ4n) is 2.25. The second-order valence-corrected chi connectivity index (χ2v) is 6.42. The first-order valence-electron chi connectivity index (χ1n) is 8.09. The summed E-state index contributed by atoms with van der Waals surface area (Å²) in [5, 5.41) is 11.4. The average molecular weight is 385 g/mol. The van der Waals surface area contributed by atoms with Gasteiger partial charge in [0.25, 0.3) is 0 Å². The van der Waals surface area contributed by atoms with E-state index in [1.165, 1.54) is 36.3 Å². The number of carbonyl (C=O) groups excluding carboxylic acids is 2. The third-order valence-electron chi connectivity index (χ3n) is 3.37. The summed E-state index contributed by atoms with van der Waals surface area (Å²) in [7, 11) is 1.50. The summed E-state index contributed by atoms with van der Waals surface area (Å²) in [6.07, 6.45) is 0.863. The number of amides is 1. The van der Waals surface area contributed by atoms with Gasteiger partial charge < -0.3 is 9.47 Å². The highest BCUT2D eigenvalue weighted by molar-refractivity contribution is 7.14.